The zero-order valence-electron chi connectivity index (χ0n) is 18.7. The Morgan fingerprint density at radius 1 is 1.26 bits per heavy atom. The monoisotopic (exact) mass is 464 g/mol. The molecule has 1 N–H and O–H groups in total. The van der Waals surface area contributed by atoms with Crippen LogP contribution in [0.25, 0.3) is 5.57 Å². The number of halogens is 1. The van der Waals surface area contributed by atoms with Gasteiger partial charge >= 0.3 is 5.97 Å². The molecular weight excluding hydrogens is 431 g/mol. The molecule has 3 aliphatic rings. The third-order valence-corrected chi connectivity index (χ3v) is 10.1. The molecule has 31 heavy (non-hydrogen) atoms. The lowest BCUT2D eigenvalue weighted by atomic mass is 9.68. The van der Waals surface area contributed by atoms with Crippen LogP contribution in [0.2, 0.25) is 0 Å². The fraction of sp³-hybridized carbons (Fsp3) is 0.640. The number of carbonyl (C=O) groups is 1. The van der Waals surface area contributed by atoms with Crippen molar-refractivity contribution in [3.8, 4) is 0 Å². The normalized spacial score (nSPS) is 28.0. The minimum Gasteiger partial charge on any atom is -0.462 e. The minimum absolute atomic E-state index is 0.00447. The molecule has 1 aromatic rings. The number of benzene rings is 1. The number of aliphatic hydroxyl groups is 1. The highest BCUT2D eigenvalue weighted by atomic mass is 32.2. The van der Waals surface area contributed by atoms with E-state index >= 15 is 0 Å². The van der Waals surface area contributed by atoms with E-state index in [0.717, 1.165) is 31.2 Å². The Morgan fingerprint density at radius 3 is 2.68 bits per heavy atom. The van der Waals surface area contributed by atoms with E-state index in [1.807, 2.05) is 19.1 Å². The first kappa shape index (κ1) is 23.2. The summed E-state index contributed by atoms with van der Waals surface area (Å²) in [6.45, 7) is 6.49. The Labute approximate surface area is 193 Å². The summed E-state index contributed by atoms with van der Waals surface area (Å²) in [6.07, 6.45) is 4.69. The maximum absolute atomic E-state index is 14.0. The van der Waals surface area contributed by atoms with Crippen LogP contribution in [0, 0.1) is 18.2 Å². The van der Waals surface area contributed by atoms with Gasteiger partial charge in [0.15, 0.2) is 0 Å². The summed E-state index contributed by atoms with van der Waals surface area (Å²) in [4.78, 5) is 11.8. The minimum atomic E-state index is -0.600. The van der Waals surface area contributed by atoms with Crippen LogP contribution < -0.4 is 0 Å². The maximum Gasteiger partial charge on any atom is 0.308 e. The highest BCUT2D eigenvalue weighted by Gasteiger charge is 2.46. The molecule has 2 fully saturated rings. The van der Waals surface area contributed by atoms with Gasteiger partial charge in [0.25, 0.3) is 0 Å². The highest BCUT2D eigenvalue weighted by Crippen LogP contribution is 2.60. The summed E-state index contributed by atoms with van der Waals surface area (Å²) in [5, 5.41) is 9.99. The van der Waals surface area contributed by atoms with E-state index in [-0.39, 0.29) is 33.8 Å². The van der Waals surface area contributed by atoms with E-state index in [0.29, 0.717) is 12.0 Å². The summed E-state index contributed by atoms with van der Waals surface area (Å²) in [5.74, 6) is 1.93. The van der Waals surface area contributed by atoms with E-state index in [4.69, 9.17) is 4.74 Å². The predicted octanol–water partition coefficient (Wildman–Crippen LogP) is 6.12. The van der Waals surface area contributed by atoms with Gasteiger partial charge in [-0.2, -0.15) is 0 Å². The predicted molar refractivity (Wildman–Crippen MR) is 128 cm³/mol. The average molecular weight is 465 g/mol. The van der Waals surface area contributed by atoms with Crippen molar-refractivity contribution in [1.82, 2.24) is 0 Å². The highest BCUT2D eigenvalue weighted by molar-refractivity contribution is 8.18. The van der Waals surface area contributed by atoms with Crippen molar-refractivity contribution >= 4 is 35.1 Å². The molecule has 0 unspecified atom stereocenters. The SMILES string of the molecule is Cc1cc(C2=C(CC[C@H]3C[C@H](O)CC(=O)O3)C(C)(C)CC3(C2)SCCCS3)ccc1F. The molecule has 4 rings (SSSR count). The van der Waals surface area contributed by atoms with Gasteiger partial charge in [-0.1, -0.05) is 25.5 Å². The molecule has 1 aliphatic carbocycles. The van der Waals surface area contributed by atoms with Crippen LogP contribution in [0.15, 0.2) is 23.8 Å². The first-order chi connectivity index (χ1) is 14.7. The van der Waals surface area contributed by atoms with Crippen LogP contribution in [0.4, 0.5) is 4.39 Å². The van der Waals surface area contributed by atoms with Gasteiger partial charge in [-0.05, 0) is 84.8 Å². The zero-order valence-corrected chi connectivity index (χ0v) is 20.3. The lowest BCUT2D eigenvalue weighted by Gasteiger charge is -2.48. The molecule has 0 radical (unpaired) electrons. The van der Waals surface area contributed by atoms with E-state index in [1.54, 1.807) is 6.07 Å². The second-order valence-electron chi connectivity index (χ2n) is 9.86. The summed E-state index contributed by atoms with van der Waals surface area (Å²) >= 11 is 4.19. The topological polar surface area (TPSA) is 46.5 Å². The van der Waals surface area contributed by atoms with Crippen LogP contribution in [0.3, 0.4) is 0 Å². The largest absolute Gasteiger partial charge is 0.462 e. The maximum atomic E-state index is 14.0. The first-order valence-electron chi connectivity index (χ1n) is 11.3. The molecule has 1 spiro atoms. The lowest BCUT2D eigenvalue weighted by molar-refractivity contribution is -0.160. The zero-order chi connectivity index (χ0) is 22.2. The molecular formula is C25H33FO3S2. The van der Waals surface area contributed by atoms with E-state index in [9.17, 15) is 14.3 Å². The Kier molecular flexibility index (Phi) is 6.81. The molecule has 1 aromatic carbocycles. The smallest absolute Gasteiger partial charge is 0.308 e. The van der Waals surface area contributed by atoms with Crippen molar-refractivity contribution in [2.75, 3.05) is 11.5 Å². The number of hydrogen-bond donors (Lipinski definition) is 1. The van der Waals surface area contributed by atoms with Crippen molar-refractivity contribution in [1.29, 1.82) is 0 Å². The summed E-state index contributed by atoms with van der Waals surface area (Å²) in [7, 11) is 0. The molecule has 3 nitrogen and oxygen atoms in total. The number of allylic oxidation sites excluding steroid dienone is 2. The molecule has 0 aromatic heterocycles. The van der Waals surface area contributed by atoms with Crippen LogP contribution in [0.1, 0.15) is 69.9 Å². The third-order valence-electron chi connectivity index (χ3n) is 6.82. The van der Waals surface area contributed by atoms with Gasteiger partial charge in [0.05, 0.1) is 16.6 Å². The van der Waals surface area contributed by atoms with Crippen LogP contribution in [-0.2, 0) is 9.53 Å². The van der Waals surface area contributed by atoms with Gasteiger partial charge in [0.1, 0.15) is 11.9 Å². The van der Waals surface area contributed by atoms with Crippen molar-refractivity contribution < 1.29 is 19.0 Å². The molecule has 0 bridgehead atoms. The molecule has 2 heterocycles. The first-order valence-corrected chi connectivity index (χ1v) is 13.3. The fourth-order valence-corrected chi connectivity index (χ4v) is 9.15. The number of hydrogen-bond acceptors (Lipinski definition) is 5. The van der Waals surface area contributed by atoms with Gasteiger partial charge < -0.3 is 9.84 Å². The van der Waals surface area contributed by atoms with Gasteiger partial charge in [-0.15, -0.1) is 23.5 Å². The lowest BCUT2D eigenvalue weighted by Crippen LogP contribution is -2.38. The number of cyclic esters (lactones) is 1. The van der Waals surface area contributed by atoms with E-state index in [1.165, 1.54) is 29.1 Å². The fourth-order valence-electron chi connectivity index (χ4n) is 5.39. The van der Waals surface area contributed by atoms with Gasteiger partial charge in [-0.3, -0.25) is 4.79 Å². The summed E-state index contributed by atoms with van der Waals surface area (Å²) in [5.41, 5.74) is 4.53. The van der Waals surface area contributed by atoms with Crippen molar-refractivity contribution in [2.45, 2.75) is 82.0 Å². The second kappa shape index (κ2) is 9.11. The number of esters is 1. The molecule has 170 valence electrons. The van der Waals surface area contributed by atoms with Gasteiger partial charge in [0, 0.05) is 6.42 Å². The van der Waals surface area contributed by atoms with Crippen molar-refractivity contribution in [3.05, 3.63) is 40.7 Å². The Hall–Kier alpha value is -0.980. The number of aryl methyl sites for hydroxylation is 1. The third kappa shape index (κ3) is 5.17. The summed E-state index contributed by atoms with van der Waals surface area (Å²) in [6, 6.07) is 5.50. The Balaban J connectivity index is 1.68. The summed E-state index contributed by atoms with van der Waals surface area (Å²) < 4.78 is 19.7. The van der Waals surface area contributed by atoms with Crippen molar-refractivity contribution in [2.24, 2.45) is 5.41 Å². The molecule has 2 aliphatic heterocycles. The Bertz CT molecular complexity index is 874. The average Bonchev–Trinajstić information content (AvgIpc) is 2.68. The number of rotatable bonds is 4. The standard InChI is InChI=1S/C25H33FO3S2/c1-16-11-17(5-8-22(16)26)20-14-25(30-9-4-10-31-25)15-24(2,3)21(20)7-6-19-12-18(27)13-23(28)29-19/h5,8,11,18-19,27H,4,6-7,9-10,12-15H2,1-3H3/t18-,19-/m0/s1. The van der Waals surface area contributed by atoms with Crippen LogP contribution >= 0.6 is 23.5 Å². The Morgan fingerprint density at radius 2 is 2.00 bits per heavy atom. The molecule has 2 saturated heterocycles. The van der Waals surface area contributed by atoms with E-state index < -0.39 is 6.10 Å². The second-order valence-corrected chi connectivity index (χ2v) is 13.1. The van der Waals surface area contributed by atoms with Gasteiger partial charge in [0.2, 0.25) is 0 Å². The van der Waals surface area contributed by atoms with Gasteiger partial charge in [-0.25, -0.2) is 4.39 Å². The number of carbonyl (C=O) groups excluding carboxylic acids is 1. The van der Waals surface area contributed by atoms with Crippen LogP contribution in [-0.4, -0.2) is 38.9 Å². The number of thioether (sulfide) groups is 2. The molecule has 0 amide bonds. The van der Waals surface area contributed by atoms with Crippen LogP contribution in [0.5, 0.6) is 0 Å². The molecule has 0 saturated carbocycles. The molecule has 6 heteroatoms. The van der Waals surface area contributed by atoms with E-state index in [2.05, 4.69) is 37.4 Å². The number of aliphatic hydroxyl groups excluding tert-OH is 1. The number of ether oxygens (including phenoxy) is 1. The van der Waals surface area contributed by atoms with Crippen molar-refractivity contribution in [3.63, 3.8) is 0 Å². The quantitative estimate of drug-likeness (QED) is 0.544. The molecule has 2 atom stereocenters.